The van der Waals surface area contributed by atoms with Crippen molar-refractivity contribution in [3.8, 4) is 12.3 Å². The summed E-state index contributed by atoms with van der Waals surface area (Å²) in [5.41, 5.74) is 0.795. The Morgan fingerprint density at radius 3 is 2.83 bits per heavy atom. The quantitative estimate of drug-likeness (QED) is 0.510. The zero-order valence-electron chi connectivity index (χ0n) is 7.54. The van der Waals surface area contributed by atoms with Crippen molar-refractivity contribution in [2.45, 2.75) is 0 Å². The van der Waals surface area contributed by atoms with Gasteiger partial charge in [0.05, 0.1) is 1.37 Å². The van der Waals surface area contributed by atoms with Crippen molar-refractivity contribution in [1.82, 2.24) is 0 Å². The van der Waals surface area contributed by atoms with Crippen molar-refractivity contribution in [2.24, 2.45) is 0 Å². The molecule has 0 aliphatic carbocycles. The number of hydrogen-bond donors (Lipinski definition) is 0. The topological polar surface area (TPSA) is 0 Å². The second-order valence-electron chi connectivity index (χ2n) is 2.58. The van der Waals surface area contributed by atoms with Crippen LogP contribution in [0.1, 0.15) is 6.93 Å². The molecule has 0 heteroatoms. The van der Waals surface area contributed by atoms with Gasteiger partial charge in [0.25, 0.3) is 0 Å². The maximum atomic E-state index is 7.71. The van der Waals surface area contributed by atoms with E-state index in [1.807, 2.05) is 30.3 Å². The molecule has 2 aromatic carbocycles. The van der Waals surface area contributed by atoms with Gasteiger partial charge in [-0.1, -0.05) is 42.3 Å². The fourth-order valence-corrected chi connectivity index (χ4v) is 1.27. The molecule has 0 saturated heterocycles. The summed E-state index contributed by atoms with van der Waals surface area (Å²) in [5.74, 6) is 2.59. The fourth-order valence-electron chi connectivity index (χ4n) is 1.27. The van der Waals surface area contributed by atoms with Gasteiger partial charge in [-0.25, -0.2) is 0 Å². The van der Waals surface area contributed by atoms with E-state index in [-0.39, 0.29) is 0 Å². The highest BCUT2D eigenvalue weighted by atomic mass is 14.0. The molecule has 0 aliphatic rings. The molecule has 0 nitrogen and oxygen atoms in total. The Morgan fingerprint density at radius 1 is 1.17 bits per heavy atom. The van der Waals surface area contributed by atoms with E-state index in [9.17, 15) is 0 Å². The number of rotatable bonds is 0. The SMILES string of the molecule is [2H]c1cccc2cccc(C#C)c12. The minimum Gasteiger partial charge on any atom is -0.115 e. The van der Waals surface area contributed by atoms with Crippen LogP contribution in [0.2, 0.25) is 0 Å². The first kappa shape index (κ1) is 5.85. The molecule has 0 atom stereocenters. The van der Waals surface area contributed by atoms with E-state index < -0.39 is 0 Å². The number of benzene rings is 2. The van der Waals surface area contributed by atoms with Gasteiger partial charge in [-0.2, -0.15) is 0 Å². The number of terminal acetylenes is 1. The summed E-state index contributed by atoms with van der Waals surface area (Å²) in [7, 11) is 0. The lowest BCUT2D eigenvalue weighted by molar-refractivity contribution is 1.71. The molecule has 0 N–H and O–H groups in total. The van der Waals surface area contributed by atoms with Gasteiger partial charge in [-0.3, -0.25) is 0 Å². The Morgan fingerprint density at radius 2 is 2.00 bits per heavy atom. The highest BCUT2D eigenvalue weighted by molar-refractivity contribution is 5.87. The molecule has 0 aromatic heterocycles. The second kappa shape index (κ2) is 2.71. The van der Waals surface area contributed by atoms with Crippen molar-refractivity contribution in [3.05, 3.63) is 48.0 Å². The lowest BCUT2D eigenvalue weighted by atomic mass is 10.1. The maximum Gasteiger partial charge on any atom is 0.0630 e. The second-order valence-corrected chi connectivity index (χ2v) is 2.58. The van der Waals surface area contributed by atoms with Crippen LogP contribution >= 0.6 is 0 Å². The van der Waals surface area contributed by atoms with Crippen molar-refractivity contribution in [3.63, 3.8) is 0 Å². The molecular weight excluding hydrogens is 144 g/mol. The highest BCUT2D eigenvalue weighted by Gasteiger charge is 1.94. The van der Waals surface area contributed by atoms with Crippen LogP contribution in [0.4, 0.5) is 0 Å². The predicted octanol–water partition coefficient (Wildman–Crippen LogP) is 2.82. The van der Waals surface area contributed by atoms with Gasteiger partial charge in [-0.05, 0) is 16.8 Å². The Balaban J connectivity index is 2.97. The first-order chi connectivity index (χ1) is 6.33. The molecule has 0 heterocycles. The monoisotopic (exact) mass is 153 g/mol. The summed E-state index contributed by atoms with van der Waals surface area (Å²) >= 11 is 0. The minimum absolute atomic E-state index is 0.492. The Hall–Kier alpha value is -1.74. The molecule has 2 rings (SSSR count). The molecule has 12 heavy (non-hydrogen) atoms. The highest BCUT2D eigenvalue weighted by Crippen LogP contribution is 2.16. The van der Waals surface area contributed by atoms with Gasteiger partial charge in [-0.15, -0.1) is 6.42 Å². The minimum atomic E-state index is 0.492. The van der Waals surface area contributed by atoms with E-state index in [0.29, 0.717) is 6.04 Å². The normalized spacial score (nSPS) is 10.8. The summed E-state index contributed by atoms with van der Waals surface area (Å²) in [4.78, 5) is 0. The third kappa shape index (κ3) is 0.963. The fraction of sp³-hybridized carbons (Fsp3) is 0. The number of fused-ring (bicyclic) bond motifs is 1. The molecule has 2 aromatic rings. The zero-order valence-corrected chi connectivity index (χ0v) is 6.54. The average Bonchev–Trinajstić information content (AvgIpc) is 2.17. The molecule has 0 radical (unpaired) electrons. The van der Waals surface area contributed by atoms with Crippen molar-refractivity contribution in [2.75, 3.05) is 0 Å². The van der Waals surface area contributed by atoms with Crippen LogP contribution in [0.3, 0.4) is 0 Å². The van der Waals surface area contributed by atoms with Gasteiger partial charge in [0.1, 0.15) is 0 Å². The van der Waals surface area contributed by atoms with Gasteiger partial charge in [0.15, 0.2) is 0 Å². The van der Waals surface area contributed by atoms with Crippen molar-refractivity contribution < 1.29 is 1.37 Å². The van der Waals surface area contributed by atoms with E-state index in [1.54, 1.807) is 6.07 Å². The Bertz CT molecular complexity index is 487. The first-order valence-corrected chi connectivity index (χ1v) is 3.78. The molecule has 0 fully saturated rings. The van der Waals surface area contributed by atoms with E-state index in [1.165, 1.54) is 0 Å². The summed E-state index contributed by atoms with van der Waals surface area (Å²) in [6.07, 6.45) is 5.35. The summed E-state index contributed by atoms with van der Waals surface area (Å²) in [5, 5.41) is 1.90. The molecule has 0 bridgehead atoms. The first-order valence-electron chi connectivity index (χ1n) is 4.28. The lowest BCUT2D eigenvalue weighted by Crippen LogP contribution is -1.77. The average molecular weight is 153 g/mol. The van der Waals surface area contributed by atoms with Gasteiger partial charge in [0.2, 0.25) is 0 Å². The van der Waals surface area contributed by atoms with Crippen LogP contribution in [-0.4, -0.2) is 0 Å². The molecule has 0 saturated carbocycles. The molecule has 56 valence electrons. The Kier molecular flexibility index (Phi) is 1.32. The summed E-state index contributed by atoms with van der Waals surface area (Å²) in [6.45, 7) is 0. The van der Waals surface area contributed by atoms with Crippen LogP contribution in [0.15, 0.2) is 42.4 Å². The Labute approximate surface area is 73.2 Å². The maximum absolute atomic E-state index is 7.71. The standard InChI is InChI=1S/C12H8/c1-2-10-7-5-8-11-6-3-4-9-12(10)11/h1,3-9H/i9D. The van der Waals surface area contributed by atoms with E-state index in [2.05, 4.69) is 5.92 Å². The number of hydrogen-bond acceptors (Lipinski definition) is 0. The van der Waals surface area contributed by atoms with Gasteiger partial charge >= 0.3 is 0 Å². The van der Waals surface area contributed by atoms with Crippen LogP contribution in [0.5, 0.6) is 0 Å². The van der Waals surface area contributed by atoms with Gasteiger partial charge in [0, 0.05) is 5.56 Å². The van der Waals surface area contributed by atoms with Crippen LogP contribution in [0.25, 0.3) is 10.8 Å². The lowest BCUT2D eigenvalue weighted by Gasteiger charge is -1.98. The summed E-state index contributed by atoms with van der Waals surface area (Å²) in [6, 6.07) is 11.8. The zero-order chi connectivity index (χ0) is 9.26. The van der Waals surface area contributed by atoms with E-state index in [0.717, 1.165) is 16.3 Å². The molecule has 0 amide bonds. The molecular formula is C12H8. The van der Waals surface area contributed by atoms with Crippen LogP contribution in [-0.2, 0) is 0 Å². The van der Waals surface area contributed by atoms with Crippen LogP contribution < -0.4 is 0 Å². The van der Waals surface area contributed by atoms with Crippen molar-refractivity contribution in [1.29, 1.82) is 0 Å². The predicted molar refractivity (Wildman–Crippen MR) is 51.9 cm³/mol. The smallest absolute Gasteiger partial charge is 0.0630 e. The van der Waals surface area contributed by atoms with Gasteiger partial charge < -0.3 is 0 Å². The third-order valence-electron chi connectivity index (χ3n) is 1.85. The van der Waals surface area contributed by atoms with Crippen molar-refractivity contribution >= 4 is 10.8 Å². The van der Waals surface area contributed by atoms with E-state index >= 15 is 0 Å². The molecule has 0 spiro atoms. The third-order valence-corrected chi connectivity index (χ3v) is 1.85. The summed E-state index contributed by atoms with van der Waals surface area (Å²) < 4.78 is 7.71. The molecule has 0 aliphatic heterocycles. The largest absolute Gasteiger partial charge is 0.115 e. The van der Waals surface area contributed by atoms with Crippen LogP contribution in [0, 0.1) is 12.3 Å². The van der Waals surface area contributed by atoms with E-state index in [4.69, 9.17) is 7.79 Å². The molecule has 0 unspecified atom stereocenters.